The number of allylic oxidation sites excluding steroid dienone is 7. The first-order chi connectivity index (χ1) is 25.1. The van der Waals surface area contributed by atoms with Gasteiger partial charge in [-0.1, -0.05) is 177 Å². The fraction of sp³-hybridized carbons (Fsp3) is 0.0800. The van der Waals surface area contributed by atoms with Gasteiger partial charge in [-0.2, -0.15) is 0 Å². The zero-order valence-corrected chi connectivity index (χ0v) is 29.9. The van der Waals surface area contributed by atoms with Crippen molar-refractivity contribution in [2.75, 3.05) is 0 Å². The van der Waals surface area contributed by atoms with E-state index in [1.54, 1.807) is 5.19 Å². The molecule has 0 fully saturated rings. The van der Waals surface area contributed by atoms with E-state index in [1.807, 2.05) is 0 Å². The lowest BCUT2D eigenvalue weighted by Gasteiger charge is -2.34. The van der Waals surface area contributed by atoms with E-state index < -0.39 is 8.07 Å². The van der Waals surface area contributed by atoms with Crippen molar-refractivity contribution in [3.05, 3.63) is 186 Å². The van der Waals surface area contributed by atoms with Crippen LogP contribution in [0.3, 0.4) is 0 Å². The monoisotopic (exact) mass is 664 g/mol. The van der Waals surface area contributed by atoms with Gasteiger partial charge in [-0.3, -0.25) is 0 Å². The van der Waals surface area contributed by atoms with E-state index in [-0.39, 0.29) is 0 Å². The van der Waals surface area contributed by atoms with Crippen molar-refractivity contribution in [2.24, 2.45) is 0 Å². The molecule has 7 aromatic rings. The quantitative estimate of drug-likeness (QED) is 0.130. The molecule has 0 saturated carbocycles. The molecule has 0 aromatic heterocycles. The minimum absolute atomic E-state index is 0.371. The summed E-state index contributed by atoms with van der Waals surface area (Å²) >= 11 is 0. The lowest BCUT2D eigenvalue weighted by atomic mass is 9.70. The van der Waals surface area contributed by atoms with Gasteiger partial charge in [0.25, 0.3) is 0 Å². The van der Waals surface area contributed by atoms with Crippen LogP contribution in [-0.4, -0.2) is 8.07 Å². The topological polar surface area (TPSA) is 0 Å². The predicted molar refractivity (Wildman–Crippen MR) is 221 cm³/mol. The summed E-state index contributed by atoms with van der Waals surface area (Å²) < 4.78 is 0. The summed E-state index contributed by atoms with van der Waals surface area (Å²) in [4.78, 5) is 0. The highest BCUT2D eigenvalue weighted by Crippen LogP contribution is 2.49. The first kappa shape index (κ1) is 29.0. The largest absolute Gasteiger partial charge is 0.113 e. The maximum absolute atomic E-state index is 2.56. The Morgan fingerprint density at radius 2 is 1.10 bits per heavy atom. The van der Waals surface area contributed by atoms with Crippen LogP contribution in [0.2, 0.25) is 13.1 Å². The Morgan fingerprint density at radius 3 is 1.78 bits per heavy atom. The van der Waals surface area contributed by atoms with E-state index in [0.717, 1.165) is 6.42 Å². The second-order valence-electron chi connectivity index (χ2n) is 15.2. The molecule has 0 radical (unpaired) electrons. The van der Waals surface area contributed by atoms with Crippen LogP contribution in [0, 0.1) is 0 Å². The molecule has 11 rings (SSSR count). The van der Waals surface area contributed by atoms with Gasteiger partial charge in [-0.25, -0.2) is 0 Å². The van der Waals surface area contributed by atoms with Crippen LogP contribution in [0.1, 0.15) is 22.6 Å². The van der Waals surface area contributed by atoms with E-state index in [1.165, 1.54) is 99.1 Å². The second kappa shape index (κ2) is 10.6. The molecule has 1 atom stereocenters. The molecule has 1 unspecified atom stereocenters. The Kier molecular flexibility index (Phi) is 6.04. The van der Waals surface area contributed by atoms with Gasteiger partial charge in [0.1, 0.15) is 8.07 Å². The molecular weight excluding hydrogens is 629 g/mol. The lowest BCUT2D eigenvalue weighted by Crippen LogP contribution is -2.49. The fourth-order valence-corrected chi connectivity index (χ4v) is 12.9. The average Bonchev–Trinajstić information content (AvgIpc) is 3.41. The molecule has 1 heterocycles. The Labute approximate surface area is 300 Å². The first-order valence-corrected chi connectivity index (χ1v) is 21.3. The molecule has 4 aliphatic rings. The molecule has 240 valence electrons. The number of fused-ring (bicyclic) bond motifs is 5. The molecule has 0 amide bonds. The van der Waals surface area contributed by atoms with Crippen LogP contribution in [0.25, 0.3) is 72.1 Å². The zero-order valence-electron chi connectivity index (χ0n) is 28.9. The summed E-state index contributed by atoms with van der Waals surface area (Å²) in [7, 11) is -2.03. The maximum atomic E-state index is 2.56. The number of benzene rings is 7. The van der Waals surface area contributed by atoms with Crippen molar-refractivity contribution in [3.63, 3.8) is 0 Å². The number of hydrogen-bond acceptors (Lipinski definition) is 0. The highest BCUT2D eigenvalue weighted by Gasteiger charge is 2.38. The molecule has 0 nitrogen and oxygen atoms in total. The van der Waals surface area contributed by atoms with Crippen LogP contribution in [0.5, 0.6) is 0 Å². The third-order valence-electron chi connectivity index (χ3n) is 12.2. The minimum atomic E-state index is -2.03. The van der Waals surface area contributed by atoms with E-state index in [0.29, 0.717) is 5.92 Å². The van der Waals surface area contributed by atoms with E-state index in [2.05, 4.69) is 177 Å². The van der Waals surface area contributed by atoms with Gasteiger partial charge >= 0.3 is 0 Å². The minimum Gasteiger partial charge on any atom is -0.0759 e. The van der Waals surface area contributed by atoms with Crippen LogP contribution < -0.4 is 10.4 Å². The SMILES string of the molecule is C[Si]1(C)c2cc(-c3ccc4c5c3C=CC3=CC=CC(=CC4)C35)ccc2-c2ccc(-c3c4ccccc4c(-c4ccccc4)c4ccccc34)cc21. The molecule has 1 aliphatic heterocycles. The van der Waals surface area contributed by atoms with Crippen molar-refractivity contribution < 1.29 is 0 Å². The summed E-state index contributed by atoms with van der Waals surface area (Å²) in [5, 5.41) is 8.32. The van der Waals surface area contributed by atoms with Crippen molar-refractivity contribution in [1.82, 2.24) is 0 Å². The van der Waals surface area contributed by atoms with Crippen LogP contribution >= 0.6 is 0 Å². The van der Waals surface area contributed by atoms with Gasteiger partial charge in [0, 0.05) is 5.92 Å². The molecule has 1 heteroatoms. The molecule has 3 aliphatic carbocycles. The van der Waals surface area contributed by atoms with E-state index in [9.17, 15) is 0 Å². The summed E-state index contributed by atoms with van der Waals surface area (Å²) in [6.07, 6.45) is 15.0. The van der Waals surface area contributed by atoms with Crippen molar-refractivity contribution >= 4 is 46.1 Å². The van der Waals surface area contributed by atoms with Gasteiger partial charge in [0.05, 0.1) is 0 Å². The highest BCUT2D eigenvalue weighted by molar-refractivity contribution is 7.04. The van der Waals surface area contributed by atoms with Crippen LogP contribution in [0.15, 0.2) is 169 Å². The van der Waals surface area contributed by atoms with E-state index in [4.69, 9.17) is 0 Å². The van der Waals surface area contributed by atoms with Crippen molar-refractivity contribution in [1.29, 1.82) is 0 Å². The Balaban J connectivity index is 1.06. The standard InChI is InChI=1S/C50H36Si/c1-51(2)45-29-35(37-25-21-34-20-19-32-13-10-14-33-22-28-44(37)50(34)47(32)33)23-26-38(45)39-27-24-36(30-46(39)51)49-42-17-8-6-15-40(42)48(31-11-4-3-5-12-31)41-16-7-9-18-43(41)49/h3-19,21-30,47H,20H2,1-2H3. The zero-order chi connectivity index (χ0) is 33.8. The second-order valence-corrected chi connectivity index (χ2v) is 19.5. The summed E-state index contributed by atoms with van der Waals surface area (Å²) in [5.74, 6) is 0.371. The average molecular weight is 665 g/mol. The molecule has 0 spiro atoms. The van der Waals surface area contributed by atoms with Gasteiger partial charge in [-0.15, -0.1) is 0 Å². The van der Waals surface area contributed by atoms with Gasteiger partial charge in [-0.05, 0) is 111 Å². The third kappa shape index (κ3) is 4.07. The summed E-state index contributed by atoms with van der Waals surface area (Å²) in [6.45, 7) is 5.11. The van der Waals surface area contributed by atoms with Crippen LogP contribution in [0.4, 0.5) is 0 Å². The predicted octanol–water partition coefficient (Wildman–Crippen LogP) is 11.9. The number of rotatable bonds is 3. The first-order valence-electron chi connectivity index (χ1n) is 18.3. The smallest absolute Gasteiger partial charge is 0.0759 e. The van der Waals surface area contributed by atoms with Gasteiger partial charge in [0.2, 0.25) is 0 Å². The highest BCUT2D eigenvalue weighted by atomic mass is 28.3. The third-order valence-corrected chi connectivity index (χ3v) is 15.7. The Hall–Kier alpha value is -5.76. The van der Waals surface area contributed by atoms with E-state index >= 15 is 0 Å². The summed E-state index contributed by atoms with van der Waals surface area (Å²) in [6, 6.07) is 48.4. The Morgan fingerprint density at radius 1 is 0.510 bits per heavy atom. The maximum Gasteiger partial charge on any atom is 0.113 e. The molecule has 0 N–H and O–H groups in total. The summed E-state index contributed by atoms with van der Waals surface area (Å²) in [5.41, 5.74) is 18.0. The van der Waals surface area contributed by atoms with Crippen LogP contribution in [-0.2, 0) is 6.42 Å². The fourth-order valence-electron chi connectivity index (χ4n) is 9.78. The molecule has 0 bridgehead atoms. The van der Waals surface area contributed by atoms with Gasteiger partial charge < -0.3 is 0 Å². The molecule has 51 heavy (non-hydrogen) atoms. The normalized spacial score (nSPS) is 17.2. The Bertz CT molecular complexity index is 2730. The lowest BCUT2D eigenvalue weighted by molar-refractivity contribution is 0.893. The molecule has 0 saturated heterocycles. The van der Waals surface area contributed by atoms with Crippen molar-refractivity contribution in [2.45, 2.75) is 25.4 Å². The molecule has 7 aromatic carbocycles. The molecular formula is C50H36Si. The van der Waals surface area contributed by atoms with Gasteiger partial charge in [0.15, 0.2) is 0 Å². The number of hydrogen-bond donors (Lipinski definition) is 0. The van der Waals surface area contributed by atoms with Crippen molar-refractivity contribution in [3.8, 4) is 44.5 Å².